The topological polar surface area (TPSA) is 63.7 Å². The van der Waals surface area contributed by atoms with E-state index in [0.717, 1.165) is 0 Å². The Bertz CT molecular complexity index is 581. The van der Waals surface area contributed by atoms with Crippen molar-refractivity contribution in [1.82, 2.24) is 4.31 Å². The predicted molar refractivity (Wildman–Crippen MR) is 101 cm³/mol. The minimum absolute atomic E-state index is 0.102. The van der Waals surface area contributed by atoms with Gasteiger partial charge in [-0.05, 0) is 39.0 Å². The van der Waals surface area contributed by atoms with Crippen LogP contribution in [-0.4, -0.2) is 65.4 Å². The fraction of sp³-hybridized carbons (Fsp3) is 0.938. The van der Waals surface area contributed by atoms with Gasteiger partial charge in [-0.1, -0.05) is 20.8 Å². The van der Waals surface area contributed by atoms with Crippen molar-refractivity contribution < 1.29 is 17.4 Å². The van der Waals surface area contributed by atoms with Crippen LogP contribution in [0.3, 0.4) is 0 Å². The van der Waals surface area contributed by atoms with Crippen molar-refractivity contribution in [3.05, 3.63) is 0 Å². The molecule has 0 bridgehead atoms. The third kappa shape index (κ3) is 9.08. The monoisotopic (exact) mass is 369 g/mol. The van der Waals surface area contributed by atoms with Crippen LogP contribution in [0, 0.1) is 5.41 Å². The molecule has 0 N–H and O–H groups in total. The minimum atomic E-state index is -3.22. The van der Waals surface area contributed by atoms with Gasteiger partial charge in [-0.2, -0.15) is 0 Å². The normalized spacial score (nSPS) is 19.4. The summed E-state index contributed by atoms with van der Waals surface area (Å²) >= 11 is 0. The smallest absolute Gasteiger partial charge is 0.150 e. The summed E-state index contributed by atoms with van der Waals surface area (Å²) in [6, 6.07) is 0. The molecule has 0 radical (unpaired) electrons. The van der Waals surface area contributed by atoms with Crippen LogP contribution in [0.2, 0.25) is 0 Å². The zero-order valence-corrected chi connectivity index (χ0v) is 17.8. The summed E-state index contributed by atoms with van der Waals surface area (Å²) in [7, 11) is -5.70. The van der Waals surface area contributed by atoms with Crippen LogP contribution in [0.15, 0.2) is 0 Å². The number of hydrogen-bond acceptors (Lipinski definition) is 4. The summed E-state index contributed by atoms with van der Waals surface area (Å²) in [6.07, 6.45) is 2.08. The number of nitrogens with zero attached hydrogens (tertiary/aromatic N) is 1. The summed E-state index contributed by atoms with van der Waals surface area (Å²) in [4.78, 5) is 0. The molecule has 0 heterocycles. The third-order valence-electron chi connectivity index (χ3n) is 3.69. The van der Waals surface area contributed by atoms with Crippen molar-refractivity contribution in [2.24, 2.45) is 5.41 Å². The molecule has 7 heteroatoms. The molecule has 0 aliphatic heterocycles. The van der Waals surface area contributed by atoms with E-state index in [2.05, 4.69) is 5.87 Å². The van der Waals surface area contributed by atoms with Crippen molar-refractivity contribution in [3.63, 3.8) is 0 Å². The number of hydrogen-bond donors (Lipinski definition) is 0. The van der Waals surface area contributed by atoms with E-state index in [1.807, 2.05) is 48.5 Å². The van der Waals surface area contributed by atoms with Crippen molar-refractivity contribution in [3.8, 4) is 0 Å². The highest BCUT2D eigenvalue weighted by Crippen LogP contribution is 2.25. The number of rotatable bonds is 7. The van der Waals surface area contributed by atoms with Gasteiger partial charge in [-0.25, -0.2) is 12.7 Å². The van der Waals surface area contributed by atoms with Crippen LogP contribution < -0.4 is 0 Å². The van der Waals surface area contributed by atoms with E-state index in [4.69, 9.17) is 4.74 Å². The Morgan fingerprint density at radius 3 is 1.74 bits per heavy atom. The molecule has 3 atom stereocenters. The Balaban J connectivity index is 5.52. The first-order valence-corrected chi connectivity index (χ1v) is 11.9. The summed E-state index contributed by atoms with van der Waals surface area (Å²) < 4.78 is 43.8. The van der Waals surface area contributed by atoms with E-state index in [9.17, 15) is 12.6 Å². The maximum Gasteiger partial charge on any atom is 0.150 e. The molecule has 0 saturated carbocycles. The lowest BCUT2D eigenvalue weighted by Gasteiger charge is -2.40. The molecule has 0 aliphatic rings. The van der Waals surface area contributed by atoms with Gasteiger partial charge in [0.05, 0.1) is 18.0 Å². The Hall–Kier alpha value is -0.110. The largest absolute Gasteiger partial charge is 0.372 e. The first kappa shape index (κ1) is 22.9. The maximum atomic E-state index is 12.5. The van der Waals surface area contributed by atoms with Crippen LogP contribution in [-0.2, 0) is 24.3 Å². The van der Waals surface area contributed by atoms with Gasteiger partial charge >= 0.3 is 0 Å². The summed E-state index contributed by atoms with van der Waals surface area (Å²) in [5.41, 5.74) is -0.516. The zero-order valence-electron chi connectivity index (χ0n) is 16.2. The first-order valence-electron chi connectivity index (χ1n) is 7.77. The second-order valence-corrected chi connectivity index (χ2v) is 13.1. The molecule has 0 aliphatic carbocycles. The Labute approximate surface area is 143 Å². The van der Waals surface area contributed by atoms with Crippen molar-refractivity contribution in [2.45, 2.75) is 66.2 Å². The van der Waals surface area contributed by atoms with Crippen molar-refractivity contribution >= 4 is 25.4 Å². The zero-order chi connectivity index (χ0) is 18.9. The van der Waals surface area contributed by atoms with Crippen LogP contribution in [0.25, 0.3) is 0 Å². The lowest BCUT2D eigenvalue weighted by Crippen LogP contribution is -2.51. The number of sulfone groups is 1. The average Bonchev–Trinajstić information content (AvgIpc) is 2.18. The first-order chi connectivity index (χ1) is 9.84. The Morgan fingerprint density at radius 2 is 1.48 bits per heavy atom. The minimum Gasteiger partial charge on any atom is -0.372 e. The molecule has 0 aromatic heterocycles. The van der Waals surface area contributed by atoms with E-state index in [1.54, 1.807) is 10.6 Å². The quantitative estimate of drug-likeness (QED) is 0.646. The van der Waals surface area contributed by atoms with Crippen molar-refractivity contribution in [2.75, 3.05) is 24.8 Å². The Morgan fingerprint density at radius 1 is 1.04 bits per heavy atom. The van der Waals surface area contributed by atoms with E-state index in [1.165, 1.54) is 6.26 Å². The van der Waals surface area contributed by atoms with Gasteiger partial charge in [0.1, 0.15) is 9.84 Å². The molecule has 23 heavy (non-hydrogen) atoms. The number of ether oxygens (including phenoxy) is 1. The summed E-state index contributed by atoms with van der Waals surface area (Å²) in [6.45, 7) is 14.1. The maximum absolute atomic E-state index is 12.5. The highest BCUT2D eigenvalue weighted by molar-refractivity contribution is 7.97. The van der Waals surface area contributed by atoms with Gasteiger partial charge < -0.3 is 4.74 Å². The highest BCUT2D eigenvalue weighted by atomic mass is 32.2. The predicted octanol–water partition coefficient (Wildman–Crippen LogP) is 2.21. The van der Waals surface area contributed by atoms with E-state index < -0.39 is 31.2 Å². The van der Waals surface area contributed by atoms with Gasteiger partial charge in [0.25, 0.3) is 0 Å². The van der Waals surface area contributed by atoms with Gasteiger partial charge in [-0.3, -0.25) is 4.21 Å². The van der Waals surface area contributed by atoms with Gasteiger partial charge in [0.2, 0.25) is 0 Å². The van der Waals surface area contributed by atoms with Crippen LogP contribution >= 0.6 is 0 Å². The molecule has 0 spiro atoms. The molecule has 0 aromatic rings. The van der Waals surface area contributed by atoms with Crippen molar-refractivity contribution in [1.29, 1.82) is 0 Å². The van der Waals surface area contributed by atoms with E-state index in [0.29, 0.717) is 0 Å². The fourth-order valence-corrected chi connectivity index (χ4v) is 4.66. The Kier molecular flexibility index (Phi) is 7.38. The SMILES string of the molecule is C=S(C)(=O)N(CC(CS(C)(=O)=O)OC(C)C(C)(C)C)C(C)(C)C. The second kappa shape index (κ2) is 7.42. The van der Waals surface area contributed by atoms with Gasteiger partial charge in [0, 0.05) is 34.3 Å². The lowest BCUT2D eigenvalue weighted by molar-refractivity contribution is -0.0551. The molecule has 0 rings (SSSR count). The molecule has 3 unspecified atom stereocenters. The molecule has 5 nitrogen and oxygen atoms in total. The lowest BCUT2D eigenvalue weighted by atomic mass is 9.90. The van der Waals surface area contributed by atoms with Crippen LogP contribution in [0.1, 0.15) is 48.5 Å². The second-order valence-electron chi connectivity index (χ2n) is 8.55. The molecular weight excluding hydrogens is 334 g/mol. The molecule has 0 fully saturated rings. The molecule has 140 valence electrons. The van der Waals surface area contributed by atoms with Gasteiger partial charge in [0.15, 0.2) is 0 Å². The standard InChI is InChI=1S/C16H35NO4S2/c1-13(15(2,3)4)21-14(12-23(10,19)20)11-17(16(5,6)7)22(8,9)18/h13-14H,8,11-12H2,1-7,9-10H3. The highest BCUT2D eigenvalue weighted by Gasteiger charge is 2.33. The summed E-state index contributed by atoms with van der Waals surface area (Å²) in [5.74, 6) is 3.66. The molecular formula is C16H35NO4S2. The van der Waals surface area contributed by atoms with Crippen LogP contribution in [0.4, 0.5) is 0 Å². The average molecular weight is 370 g/mol. The molecule has 0 saturated heterocycles. The van der Waals surface area contributed by atoms with E-state index in [-0.39, 0.29) is 23.8 Å². The summed E-state index contributed by atoms with van der Waals surface area (Å²) in [5, 5.41) is 0. The van der Waals surface area contributed by atoms with E-state index >= 15 is 0 Å². The molecule has 0 aromatic carbocycles. The molecule has 0 amide bonds. The fourth-order valence-electron chi connectivity index (χ4n) is 2.16. The third-order valence-corrected chi connectivity index (χ3v) is 6.30. The van der Waals surface area contributed by atoms with Gasteiger partial charge in [-0.15, -0.1) is 0 Å². The van der Waals surface area contributed by atoms with Crippen LogP contribution in [0.5, 0.6) is 0 Å².